The quantitative estimate of drug-likeness (QED) is 0.907. The molecule has 0 fully saturated rings. The summed E-state index contributed by atoms with van der Waals surface area (Å²) in [5.74, 6) is 1.63. The monoisotopic (exact) mass is 275 g/mol. The molecule has 0 aliphatic heterocycles. The van der Waals surface area contributed by atoms with Gasteiger partial charge in [0.05, 0.1) is 12.8 Å². The van der Waals surface area contributed by atoms with Crippen molar-refractivity contribution in [3.05, 3.63) is 40.7 Å². The van der Waals surface area contributed by atoms with Gasteiger partial charge in [-0.15, -0.1) is 0 Å². The van der Waals surface area contributed by atoms with E-state index in [0.29, 0.717) is 13.2 Å². The van der Waals surface area contributed by atoms with Crippen molar-refractivity contribution in [3.63, 3.8) is 0 Å². The largest absolute Gasteiger partial charge is 0.496 e. The number of benzene rings is 1. The summed E-state index contributed by atoms with van der Waals surface area (Å²) in [5.41, 5.74) is 9.62. The lowest BCUT2D eigenvalue weighted by atomic mass is 10.1. The minimum atomic E-state index is 0.435. The van der Waals surface area contributed by atoms with Gasteiger partial charge in [0.15, 0.2) is 5.75 Å². The Morgan fingerprint density at radius 3 is 2.60 bits per heavy atom. The fourth-order valence-corrected chi connectivity index (χ4v) is 2.18. The van der Waals surface area contributed by atoms with Crippen LogP contribution in [-0.4, -0.2) is 16.9 Å². The molecule has 0 unspecified atom stereocenters. The van der Waals surface area contributed by atoms with Gasteiger partial charge in [-0.25, -0.2) is 0 Å². The number of hydrogen-bond donors (Lipinski definition) is 1. The van der Waals surface area contributed by atoms with Crippen molar-refractivity contribution in [2.24, 2.45) is 12.8 Å². The lowest BCUT2D eigenvalue weighted by Crippen LogP contribution is -2.03. The van der Waals surface area contributed by atoms with Crippen molar-refractivity contribution >= 4 is 0 Å². The smallest absolute Gasteiger partial charge is 0.163 e. The lowest BCUT2D eigenvalue weighted by molar-refractivity contribution is 0.292. The first-order chi connectivity index (χ1) is 9.56. The Bertz CT molecular complexity index is 605. The molecule has 1 aromatic carbocycles. The SMILES string of the molecule is COc1ccc(CN)cc1COc1c(C)nn(C)c1C. The first-order valence-corrected chi connectivity index (χ1v) is 6.55. The summed E-state index contributed by atoms with van der Waals surface area (Å²) in [6.07, 6.45) is 0. The molecule has 0 atom stereocenters. The molecule has 1 aromatic heterocycles. The topological polar surface area (TPSA) is 62.3 Å². The van der Waals surface area contributed by atoms with Crippen molar-refractivity contribution < 1.29 is 9.47 Å². The Hall–Kier alpha value is -2.01. The van der Waals surface area contributed by atoms with E-state index in [0.717, 1.165) is 34.0 Å². The molecule has 0 spiro atoms. The normalized spacial score (nSPS) is 10.7. The summed E-state index contributed by atoms with van der Waals surface area (Å²) in [5, 5.41) is 4.34. The molecule has 0 amide bonds. The second kappa shape index (κ2) is 5.96. The number of aromatic nitrogens is 2. The minimum Gasteiger partial charge on any atom is -0.496 e. The van der Waals surface area contributed by atoms with Gasteiger partial charge >= 0.3 is 0 Å². The van der Waals surface area contributed by atoms with Crippen LogP contribution in [0.5, 0.6) is 11.5 Å². The number of nitrogens with zero attached hydrogens (tertiary/aromatic N) is 2. The molecular weight excluding hydrogens is 254 g/mol. The van der Waals surface area contributed by atoms with Crippen LogP contribution in [0.3, 0.4) is 0 Å². The van der Waals surface area contributed by atoms with Crippen LogP contribution < -0.4 is 15.2 Å². The molecule has 0 aliphatic carbocycles. The first kappa shape index (κ1) is 14.4. The van der Waals surface area contributed by atoms with Gasteiger partial charge in [-0.05, 0) is 31.5 Å². The van der Waals surface area contributed by atoms with Crippen LogP contribution >= 0.6 is 0 Å². The van der Waals surface area contributed by atoms with Gasteiger partial charge in [-0.3, -0.25) is 4.68 Å². The average Bonchev–Trinajstić information content (AvgIpc) is 2.70. The van der Waals surface area contributed by atoms with Crippen molar-refractivity contribution in [1.82, 2.24) is 9.78 Å². The van der Waals surface area contributed by atoms with Crippen LogP contribution in [0.15, 0.2) is 18.2 Å². The number of nitrogens with two attached hydrogens (primary N) is 1. The third-order valence-electron chi connectivity index (χ3n) is 3.40. The Morgan fingerprint density at radius 2 is 2.05 bits per heavy atom. The molecule has 2 rings (SSSR count). The van der Waals surface area contributed by atoms with Gasteiger partial charge < -0.3 is 15.2 Å². The van der Waals surface area contributed by atoms with Crippen molar-refractivity contribution in [2.75, 3.05) is 7.11 Å². The summed E-state index contributed by atoms with van der Waals surface area (Å²) in [6, 6.07) is 5.90. The summed E-state index contributed by atoms with van der Waals surface area (Å²) in [7, 11) is 3.56. The summed E-state index contributed by atoms with van der Waals surface area (Å²) >= 11 is 0. The van der Waals surface area contributed by atoms with Gasteiger partial charge in [-0.2, -0.15) is 5.10 Å². The summed E-state index contributed by atoms with van der Waals surface area (Å²) in [6.45, 7) is 4.87. The zero-order chi connectivity index (χ0) is 14.7. The number of aryl methyl sites for hydroxylation is 2. The molecule has 0 aliphatic rings. The molecule has 2 N–H and O–H groups in total. The van der Waals surface area contributed by atoms with Crippen LogP contribution in [0.2, 0.25) is 0 Å². The maximum absolute atomic E-state index is 5.91. The highest BCUT2D eigenvalue weighted by Crippen LogP contribution is 2.25. The highest BCUT2D eigenvalue weighted by Gasteiger charge is 2.12. The average molecular weight is 275 g/mol. The van der Waals surface area contributed by atoms with Crippen molar-refractivity contribution in [3.8, 4) is 11.5 Å². The zero-order valence-electron chi connectivity index (χ0n) is 12.4. The van der Waals surface area contributed by atoms with E-state index in [1.54, 1.807) is 7.11 Å². The molecule has 0 bridgehead atoms. The van der Waals surface area contributed by atoms with Crippen molar-refractivity contribution in [2.45, 2.75) is 27.0 Å². The molecule has 0 saturated heterocycles. The van der Waals surface area contributed by atoms with E-state index in [-0.39, 0.29) is 0 Å². The van der Waals surface area contributed by atoms with Crippen LogP contribution in [0, 0.1) is 13.8 Å². The maximum Gasteiger partial charge on any atom is 0.163 e. The van der Waals surface area contributed by atoms with E-state index >= 15 is 0 Å². The van der Waals surface area contributed by atoms with E-state index in [1.165, 1.54) is 0 Å². The third-order valence-corrected chi connectivity index (χ3v) is 3.40. The molecule has 2 aromatic rings. The highest BCUT2D eigenvalue weighted by atomic mass is 16.5. The molecule has 0 radical (unpaired) electrons. The van der Waals surface area contributed by atoms with Gasteiger partial charge in [-0.1, -0.05) is 6.07 Å². The zero-order valence-corrected chi connectivity index (χ0v) is 12.4. The molecule has 5 nitrogen and oxygen atoms in total. The fourth-order valence-electron chi connectivity index (χ4n) is 2.18. The van der Waals surface area contributed by atoms with Crippen LogP contribution in [-0.2, 0) is 20.2 Å². The van der Waals surface area contributed by atoms with Crippen LogP contribution in [0.4, 0.5) is 0 Å². The second-order valence-electron chi connectivity index (χ2n) is 4.76. The van der Waals surface area contributed by atoms with Gasteiger partial charge in [0, 0.05) is 19.2 Å². The van der Waals surface area contributed by atoms with Crippen molar-refractivity contribution in [1.29, 1.82) is 0 Å². The fraction of sp³-hybridized carbons (Fsp3) is 0.400. The lowest BCUT2D eigenvalue weighted by Gasteiger charge is -2.12. The molecule has 20 heavy (non-hydrogen) atoms. The molecule has 108 valence electrons. The van der Waals surface area contributed by atoms with Gasteiger partial charge in [0.2, 0.25) is 0 Å². The summed E-state index contributed by atoms with van der Waals surface area (Å²) in [4.78, 5) is 0. The number of ether oxygens (including phenoxy) is 2. The predicted octanol–water partition coefficient (Wildman–Crippen LogP) is 2.08. The van der Waals surface area contributed by atoms with Crippen LogP contribution in [0.25, 0.3) is 0 Å². The van der Waals surface area contributed by atoms with E-state index < -0.39 is 0 Å². The Kier molecular flexibility index (Phi) is 4.29. The molecule has 5 heteroatoms. The standard InChI is InChI=1S/C15H21N3O2/c1-10-15(11(2)18(3)17-10)20-9-13-7-12(8-16)5-6-14(13)19-4/h5-7H,8-9,16H2,1-4H3. The third kappa shape index (κ3) is 2.77. The van der Waals surface area contributed by atoms with E-state index in [2.05, 4.69) is 5.10 Å². The second-order valence-corrected chi connectivity index (χ2v) is 4.76. The van der Waals surface area contributed by atoms with E-state index in [1.807, 2.05) is 43.8 Å². The number of rotatable bonds is 5. The minimum absolute atomic E-state index is 0.435. The van der Waals surface area contributed by atoms with Gasteiger partial charge in [0.25, 0.3) is 0 Å². The number of hydrogen-bond acceptors (Lipinski definition) is 4. The van der Waals surface area contributed by atoms with Gasteiger partial charge in [0.1, 0.15) is 18.1 Å². The predicted molar refractivity (Wildman–Crippen MR) is 77.9 cm³/mol. The first-order valence-electron chi connectivity index (χ1n) is 6.55. The molecular formula is C15H21N3O2. The number of methoxy groups -OCH3 is 1. The van der Waals surface area contributed by atoms with E-state index in [9.17, 15) is 0 Å². The molecule has 1 heterocycles. The Balaban J connectivity index is 2.21. The molecule has 0 saturated carbocycles. The van der Waals surface area contributed by atoms with Crippen LogP contribution in [0.1, 0.15) is 22.5 Å². The van der Waals surface area contributed by atoms with E-state index in [4.69, 9.17) is 15.2 Å². The Labute approximate surface area is 119 Å². The summed E-state index contributed by atoms with van der Waals surface area (Å²) < 4.78 is 13.1. The maximum atomic E-state index is 5.91. The highest BCUT2D eigenvalue weighted by molar-refractivity contribution is 5.38. The Morgan fingerprint density at radius 1 is 1.30 bits per heavy atom.